The maximum Gasteiger partial charge on any atom is 0.248 e. The number of aryl methyl sites for hydroxylation is 1. The van der Waals surface area contributed by atoms with E-state index in [1.807, 2.05) is 13.0 Å². The third kappa shape index (κ3) is 2.19. The van der Waals surface area contributed by atoms with E-state index in [1.54, 1.807) is 6.07 Å². The van der Waals surface area contributed by atoms with Gasteiger partial charge in [-0.25, -0.2) is 0 Å². The van der Waals surface area contributed by atoms with Crippen LogP contribution in [0.15, 0.2) is 16.9 Å². The van der Waals surface area contributed by atoms with E-state index in [9.17, 15) is 4.79 Å². The Hall–Kier alpha value is -1.09. The van der Waals surface area contributed by atoms with Crippen molar-refractivity contribution >= 4 is 0 Å². The monoisotopic (exact) mass is 220 g/mol. The van der Waals surface area contributed by atoms with Crippen LogP contribution in [-0.4, -0.2) is 23.0 Å². The highest BCUT2D eigenvalue weighted by Gasteiger charge is 2.26. The van der Waals surface area contributed by atoms with Gasteiger partial charge >= 0.3 is 0 Å². The third-order valence-electron chi connectivity index (χ3n) is 3.39. The van der Waals surface area contributed by atoms with Crippen LogP contribution in [0.4, 0.5) is 0 Å². The van der Waals surface area contributed by atoms with Gasteiger partial charge in [-0.3, -0.25) is 9.69 Å². The van der Waals surface area contributed by atoms with Crippen molar-refractivity contribution in [3.05, 3.63) is 33.7 Å². The van der Waals surface area contributed by atoms with E-state index in [2.05, 4.69) is 16.8 Å². The van der Waals surface area contributed by atoms with Crippen molar-refractivity contribution in [2.45, 2.75) is 39.2 Å². The molecule has 88 valence electrons. The first-order chi connectivity index (χ1) is 7.72. The molecule has 1 N–H and O–H groups in total. The van der Waals surface area contributed by atoms with Gasteiger partial charge in [0.05, 0.1) is 0 Å². The van der Waals surface area contributed by atoms with Crippen LogP contribution in [0.3, 0.4) is 0 Å². The van der Waals surface area contributed by atoms with Crippen LogP contribution in [0.5, 0.6) is 0 Å². The van der Waals surface area contributed by atoms with Gasteiger partial charge in [0.15, 0.2) is 0 Å². The van der Waals surface area contributed by atoms with Crippen molar-refractivity contribution < 1.29 is 0 Å². The zero-order valence-electron chi connectivity index (χ0n) is 10.1. The fourth-order valence-electron chi connectivity index (χ4n) is 2.68. The van der Waals surface area contributed by atoms with Gasteiger partial charge in [-0.15, -0.1) is 0 Å². The predicted octanol–water partition coefficient (Wildman–Crippen LogP) is 2.23. The minimum absolute atomic E-state index is 0.00119. The molecule has 0 unspecified atom stereocenters. The van der Waals surface area contributed by atoms with Crippen LogP contribution in [0.25, 0.3) is 0 Å². The average molecular weight is 220 g/mol. The first kappa shape index (κ1) is 11.4. The van der Waals surface area contributed by atoms with Crippen LogP contribution >= 0.6 is 0 Å². The second-order valence-electron chi connectivity index (χ2n) is 4.60. The molecule has 1 aromatic rings. The zero-order chi connectivity index (χ0) is 11.5. The second-order valence-corrected chi connectivity index (χ2v) is 4.60. The van der Waals surface area contributed by atoms with Crippen LogP contribution in [-0.2, 0) is 0 Å². The predicted molar refractivity (Wildman–Crippen MR) is 65.6 cm³/mol. The molecule has 0 saturated carbocycles. The van der Waals surface area contributed by atoms with Crippen molar-refractivity contribution in [1.29, 1.82) is 0 Å². The van der Waals surface area contributed by atoms with Crippen molar-refractivity contribution in [2.75, 3.05) is 13.1 Å². The SMILES string of the molecule is CCCN1CCC[C@@H]1c1ccc(=O)[nH]c1C. The zero-order valence-corrected chi connectivity index (χ0v) is 10.1. The summed E-state index contributed by atoms with van der Waals surface area (Å²) in [4.78, 5) is 16.6. The standard InChI is InChI=1S/C13H20N2O/c1-3-8-15-9-4-5-12(15)11-6-7-13(16)14-10(11)2/h6-7,12H,3-5,8-9H2,1-2H3,(H,14,16)/t12-/m1/s1. The molecule has 0 radical (unpaired) electrons. The van der Waals surface area contributed by atoms with Gasteiger partial charge in [0.25, 0.3) is 0 Å². The number of aromatic amines is 1. The number of rotatable bonds is 3. The molecule has 16 heavy (non-hydrogen) atoms. The lowest BCUT2D eigenvalue weighted by molar-refractivity contribution is 0.256. The molecule has 2 rings (SSSR count). The number of nitrogens with zero attached hydrogens (tertiary/aromatic N) is 1. The van der Waals surface area contributed by atoms with E-state index < -0.39 is 0 Å². The number of H-pyrrole nitrogens is 1. The minimum atomic E-state index is 0.00119. The fourth-order valence-corrected chi connectivity index (χ4v) is 2.68. The van der Waals surface area contributed by atoms with Gasteiger partial charge < -0.3 is 4.98 Å². The van der Waals surface area contributed by atoms with E-state index in [0.29, 0.717) is 6.04 Å². The molecule has 1 aliphatic heterocycles. The van der Waals surface area contributed by atoms with Crippen molar-refractivity contribution in [3.63, 3.8) is 0 Å². The highest BCUT2D eigenvalue weighted by molar-refractivity contribution is 5.23. The Morgan fingerprint density at radius 2 is 2.31 bits per heavy atom. The summed E-state index contributed by atoms with van der Waals surface area (Å²) in [7, 11) is 0. The molecule has 1 saturated heterocycles. The Kier molecular flexibility index (Phi) is 3.44. The molecular formula is C13H20N2O. The molecule has 3 nitrogen and oxygen atoms in total. The number of pyridine rings is 1. The van der Waals surface area contributed by atoms with Crippen LogP contribution in [0.2, 0.25) is 0 Å². The number of likely N-dealkylation sites (tertiary alicyclic amines) is 1. The number of hydrogen-bond donors (Lipinski definition) is 1. The Morgan fingerprint density at radius 1 is 1.50 bits per heavy atom. The number of nitrogens with one attached hydrogen (secondary N) is 1. The van der Waals surface area contributed by atoms with Gasteiger partial charge in [-0.05, 0) is 44.8 Å². The van der Waals surface area contributed by atoms with Crippen molar-refractivity contribution in [1.82, 2.24) is 9.88 Å². The van der Waals surface area contributed by atoms with Gasteiger partial charge in [-0.1, -0.05) is 13.0 Å². The van der Waals surface area contributed by atoms with Crippen molar-refractivity contribution in [2.24, 2.45) is 0 Å². The van der Waals surface area contributed by atoms with Crippen LogP contribution < -0.4 is 5.56 Å². The van der Waals surface area contributed by atoms with Crippen molar-refractivity contribution in [3.8, 4) is 0 Å². The lowest BCUT2D eigenvalue weighted by Crippen LogP contribution is -2.25. The molecule has 0 spiro atoms. The van der Waals surface area contributed by atoms with Gasteiger partial charge in [0.1, 0.15) is 0 Å². The summed E-state index contributed by atoms with van der Waals surface area (Å²) >= 11 is 0. The number of aromatic nitrogens is 1. The molecule has 1 atom stereocenters. The highest BCUT2D eigenvalue weighted by atomic mass is 16.1. The summed E-state index contributed by atoms with van der Waals surface area (Å²) < 4.78 is 0. The Morgan fingerprint density at radius 3 is 3.00 bits per heavy atom. The van der Waals surface area contributed by atoms with Gasteiger partial charge in [0.2, 0.25) is 5.56 Å². The molecule has 0 bridgehead atoms. The van der Waals surface area contributed by atoms with Crippen LogP contribution in [0.1, 0.15) is 43.5 Å². The first-order valence-corrected chi connectivity index (χ1v) is 6.16. The van der Waals surface area contributed by atoms with E-state index in [0.717, 1.165) is 12.2 Å². The van der Waals surface area contributed by atoms with E-state index in [1.165, 1.54) is 31.4 Å². The Bertz CT molecular complexity index is 411. The second kappa shape index (κ2) is 4.83. The summed E-state index contributed by atoms with van der Waals surface area (Å²) in [6, 6.07) is 4.15. The summed E-state index contributed by atoms with van der Waals surface area (Å²) in [5.41, 5.74) is 2.33. The maximum atomic E-state index is 11.2. The largest absolute Gasteiger partial charge is 0.326 e. The molecule has 0 amide bonds. The average Bonchev–Trinajstić information content (AvgIpc) is 2.67. The topological polar surface area (TPSA) is 36.1 Å². The summed E-state index contributed by atoms with van der Waals surface area (Å²) in [5, 5.41) is 0. The molecule has 2 heterocycles. The third-order valence-corrected chi connectivity index (χ3v) is 3.39. The normalized spacial score (nSPS) is 21.5. The molecule has 1 fully saturated rings. The summed E-state index contributed by atoms with van der Waals surface area (Å²) in [6.07, 6.45) is 3.68. The lowest BCUT2D eigenvalue weighted by Gasteiger charge is -2.25. The first-order valence-electron chi connectivity index (χ1n) is 6.16. The molecular weight excluding hydrogens is 200 g/mol. The molecule has 0 aliphatic carbocycles. The Balaban J connectivity index is 2.25. The molecule has 1 aromatic heterocycles. The molecule has 0 aromatic carbocycles. The highest BCUT2D eigenvalue weighted by Crippen LogP contribution is 2.32. The summed E-state index contributed by atoms with van der Waals surface area (Å²) in [6.45, 7) is 6.56. The number of hydrogen-bond acceptors (Lipinski definition) is 2. The maximum absolute atomic E-state index is 11.2. The minimum Gasteiger partial charge on any atom is -0.326 e. The van der Waals surface area contributed by atoms with Gasteiger partial charge in [0, 0.05) is 17.8 Å². The lowest BCUT2D eigenvalue weighted by atomic mass is 10.0. The van der Waals surface area contributed by atoms with E-state index in [4.69, 9.17) is 0 Å². The molecule has 3 heteroatoms. The van der Waals surface area contributed by atoms with Gasteiger partial charge in [-0.2, -0.15) is 0 Å². The van der Waals surface area contributed by atoms with Crippen LogP contribution in [0, 0.1) is 6.92 Å². The van der Waals surface area contributed by atoms with E-state index in [-0.39, 0.29) is 5.56 Å². The quantitative estimate of drug-likeness (QED) is 0.848. The summed E-state index contributed by atoms with van der Waals surface area (Å²) in [5.74, 6) is 0. The van der Waals surface area contributed by atoms with E-state index >= 15 is 0 Å². The Labute approximate surface area is 96.5 Å². The molecule has 1 aliphatic rings. The fraction of sp³-hybridized carbons (Fsp3) is 0.615. The smallest absolute Gasteiger partial charge is 0.248 e.